The molecule has 0 aromatic carbocycles. The molecule has 1 aliphatic carbocycles. The van der Waals surface area contributed by atoms with Crippen molar-refractivity contribution in [3.63, 3.8) is 0 Å². The topological polar surface area (TPSA) is 66.4 Å². The van der Waals surface area contributed by atoms with E-state index < -0.39 is 27.2 Å². The van der Waals surface area contributed by atoms with Crippen LogP contribution in [0.4, 0.5) is 0 Å². The first-order valence-electron chi connectivity index (χ1n) is 7.60. The zero-order chi connectivity index (χ0) is 18.9. The van der Waals surface area contributed by atoms with Crippen molar-refractivity contribution in [3.05, 3.63) is 0 Å². The maximum absolute atomic E-state index is 10.2. The van der Waals surface area contributed by atoms with Crippen LogP contribution in [-0.2, 0) is 24.8 Å². The van der Waals surface area contributed by atoms with Gasteiger partial charge in [-0.15, -0.1) is 0 Å². The molecule has 0 aliphatic heterocycles. The minimum atomic E-state index is -2.18. The summed E-state index contributed by atoms with van der Waals surface area (Å²) >= 11 is -2.18. The van der Waals surface area contributed by atoms with Gasteiger partial charge in [0.15, 0.2) is 0 Å². The van der Waals surface area contributed by atoms with Gasteiger partial charge in [-0.3, -0.25) is 9.59 Å². The third-order valence-electron chi connectivity index (χ3n) is 4.94. The van der Waals surface area contributed by atoms with Crippen molar-refractivity contribution >= 4 is 39.4 Å². The molecule has 0 spiro atoms. The fourth-order valence-corrected chi connectivity index (χ4v) is 2.76. The van der Waals surface area contributed by atoms with Crippen molar-refractivity contribution in [1.29, 1.82) is 0 Å². The molecule has 1 saturated carbocycles. The van der Waals surface area contributed by atoms with E-state index in [-0.39, 0.29) is 5.91 Å². The van der Waals surface area contributed by atoms with Crippen molar-refractivity contribution in [2.45, 2.75) is 54.5 Å². The van der Waals surface area contributed by atoms with E-state index in [1.54, 1.807) is 0 Å². The predicted octanol–water partition coefficient (Wildman–Crippen LogP) is 4.84. The number of carboxylic acid groups (broad SMARTS) is 1. The van der Waals surface area contributed by atoms with Crippen LogP contribution in [-0.4, -0.2) is 23.0 Å². The molecule has 0 unspecified atom stereocenters. The second-order valence-corrected chi connectivity index (χ2v) is 20.2. The monoisotopic (exact) mass is 557 g/mol. The van der Waals surface area contributed by atoms with E-state index in [2.05, 4.69) is 39.9 Å². The standard InChI is InChI=1S/C10H20.C5H9NO3.3ClH.Ta/c1-6-7(2)9(4)10(5)8(6)3;1-3(5(8)9)6-4(2)7;;;;/h6-10H,1-5H3;3H,1-2H3,(H,6,7)(H,8,9);3*1H;/q;;;;;+3/p-3/t;3-;;;;/m.0..../s1. The molecule has 1 amide bonds. The zero-order valence-corrected chi connectivity index (χ0v) is 20.3. The van der Waals surface area contributed by atoms with Gasteiger partial charge in [0, 0.05) is 6.92 Å². The van der Waals surface area contributed by atoms with Crippen LogP contribution in [0, 0.1) is 29.6 Å². The second kappa shape index (κ2) is 12.8. The first kappa shape index (κ1) is 25.8. The fraction of sp³-hybridized carbons (Fsp3) is 0.867. The van der Waals surface area contributed by atoms with Crippen LogP contribution in [0.3, 0.4) is 0 Å². The molecule has 138 valence electrons. The Hall–Kier alpha value is 0.550. The Morgan fingerprint density at radius 3 is 1.22 bits per heavy atom. The van der Waals surface area contributed by atoms with Crippen molar-refractivity contribution < 1.29 is 29.9 Å². The molecule has 0 bridgehead atoms. The summed E-state index contributed by atoms with van der Waals surface area (Å²) in [6, 6.07) is -0.789. The Morgan fingerprint density at radius 1 is 0.913 bits per heavy atom. The summed E-state index contributed by atoms with van der Waals surface area (Å²) in [6.45, 7) is 14.7. The molecule has 1 rings (SSSR count). The van der Waals surface area contributed by atoms with Crippen LogP contribution in [0.2, 0.25) is 0 Å². The summed E-state index contributed by atoms with van der Waals surface area (Å²) in [4.78, 5) is 20.2. The molecule has 0 heterocycles. The van der Waals surface area contributed by atoms with Crippen LogP contribution in [0.15, 0.2) is 0 Å². The van der Waals surface area contributed by atoms with Crippen molar-refractivity contribution in [2.75, 3.05) is 0 Å². The summed E-state index contributed by atoms with van der Waals surface area (Å²) in [6.07, 6.45) is 0. The van der Waals surface area contributed by atoms with Gasteiger partial charge in [0.05, 0.1) is 0 Å². The van der Waals surface area contributed by atoms with Gasteiger partial charge in [0.25, 0.3) is 0 Å². The number of carbonyl (C=O) groups is 2. The van der Waals surface area contributed by atoms with Gasteiger partial charge >= 0.3 is 48.7 Å². The maximum atomic E-state index is 10.2. The first-order valence-corrected chi connectivity index (χ1v) is 19.5. The normalized spacial score (nSPS) is 30.5. The SMILES string of the molecule is CC(=O)N[C@@H](C)C(=O)O.CC1C(C)C(C)C(C)C1C.[Cl][Ta]([Cl])[Cl]. The molecule has 0 radical (unpaired) electrons. The van der Waals surface area contributed by atoms with E-state index in [0.717, 1.165) is 29.6 Å². The van der Waals surface area contributed by atoms with E-state index >= 15 is 0 Å². The number of hydrogen-bond donors (Lipinski definition) is 2. The Morgan fingerprint density at radius 2 is 1.13 bits per heavy atom. The third-order valence-corrected chi connectivity index (χ3v) is 4.94. The number of aliphatic carboxylic acids is 1. The molecular weight excluding hydrogens is 529 g/mol. The van der Waals surface area contributed by atoms with Crippen LogP contribution in [0.5, 0.6) is 0 Å². The summed E-state index contributed by atoms with van der Waals surface area (Å²) < 4.78 is 0. The van der Waals surface area contributed by atoms with E-state index in [4.69, 9.17) is 32.7 Å². The quantitative estimate of drug-likeness (QED) is 0.510. The number of halogens is 3. The molecule has 8 heteroatoms. The first-order chi connectivity index (χ1) is 10.3. The average molecular weight is 559 g/mol. The number of rotatable bonds is 2. The van der Waals surface area contributed by atoms with Gasteiger partial charge in [-0.25, -0.2) is 0 Å². The number of hydrogen-bond acceptors (Lipinski definition) is 2. The Balaban J connectivity index is 0. The van der Waals surface area contributed by atoms with Gasteiger partial charge in [-0.1, -0.05) is 34.6 Å². The Kier molecular flexibility index (Phi) is 14.4. The van der Waals surface area contributed by atoms with Crippen molar-refractivity contribution in [3.8, 4) is 0 Å². The average Bonchev–Trinajstić information content (AvgIpc) is 2.56. The number of amides is 1. The van der Waals surface area contributed by atoms with Crippen LogP contribution in [0.1, 0.15) is 48.5 Å². The fourth-order valence-electron chi connectivity index (χ4n) is 2.76. The third kappa shape index (κ3) is 11.7. The molecule has 0 aromatic rings. The summed E-state index contributed by atoms with van der Waals surface area (Å²) in [5.74, 6) is 3.32. The molecule has 23 heavy (non-hydrogen) atoms. The summed E-state index contributed by atoms with van der Waals surface area (Å²) in [7, 11) is 15.0. The molecular formula is C15H29Cl3NO3Ta. The number of carboxylic acids is 1. The zero-order valence-electron chi connectivity index (χ0n) is 14.8. The molecule has 1 aliphatic rings. The Labute approximate surface area is 158 Å². The summed E-state index contributed by atoms with van der Waals surface area (Å²) in [5.41, 5.74) is 0. The van der Waals surface area contributed by atoms with Gasteiger partial charge < -0.3 is 10.4 Å². The molecule has 0 saturated heterocycles. The predicted molar refractivity (Wildman–Crippen MR) is 94.3 cm³/mol. The van der Waals surface area contributed by atoms with E-state index in [1.165, 1.54) is 13.8 Å². The van der Waals surface area contributed by atoms with Crippen molar-refractivity contribution in [1.82, 2.24) is 5.32 Å². The second-order valence-electron chi connectivity index (χ2n) is 6.25. The van der Waals surface area contributed by atoms with E-state index in [9.17, 15) is 9.59 Å². The van der Waals surface area contributed by atoms with Gasteiger partial charge in [-0.2, -0.15) is 0 Å². The number of carbonyl (C=O) groups excluding carboxylic acids is 1. The van der Waals surface area contributed by atoms with E-state index in [0.29, 0.717) is 0 Å². The Bertz CT molecular complexity index is 324. The molecule has 4 nitrogen and oxygen atoms in total. The molecule has 0 aromatic heterocycles. The van der Waals surface area contributed by atoms with Crippen LogP contribution in [0.25, 0.3) is 0 Å². The minimum absolute atomic E-state index is 0.329. The van der Waals surface area contributed by atoms with Crippen molar-refractivity contribution in [2.24, 2.45) is 29.6 Å². The summed E-state index contributed by atoms with van der Waals surface area (Å²) in [5, 5.41) is 10.4. The van der Waals surface area contributed by atoms with E-state index in [1.807, 2.05) is 0 Å². The van der Waals surface area contributed by atoms with Gasteiger partial charge in [0.2, 0.25) is 5.91 Å². The molecule has 1 atom stereocenters. The van der Waals surface area contributed by atoms with Crippen LogP contribution < -0.4 is 5.32 Å². The van der Waals surface area contributed by atoms with Gasteiger partial charge in [0.1, 0.15) is 6.04 Å². The molecule has 1 fully saturated rings. The molecule has 2 N–H and O–H groups in total. The number of nitrogens with one attached hydrogen (secondary N) is 1. The van der Waals surface area contributed by atoms with Crippen LogP contribution >= 0.6 is 27.6 Å². The van der Waals surface area contributed by atoms with Gasteiger partial charge in [-0.05, 0) is 36.5 Å².